The Balaban J connectivity index is 0.000000433. The molecule has 23 heavy (non-hydrogen) atoms. The van der Waals surface area contributed by atoms with E-state index in [0.29, 0.717) is 17.1 Å². The summed E-state index contributed by atoms with van der Waals surface area (Å²) in [6, 6.07) is 5.49. The number of nitrogens with zero attached hydrogens (tertiary/aromatic N) is 5. The minimum Gasteiger partial charge on any atom is -0.272 e. The molecule has 0 radical (unpaired) electrons. The monoisotopic (exact) mass is 309 g/mol. The third kappa shape index (κ3) is 4.54. The highest BCUT2D eigenvalue weighted by Crippen LogP contribution is 2.10. The van der Waals surface area contributed by atoms with Gasteiger partial charge in [0.25, 0.3) is 5.91 Å². The summed E-state index contributed by atoms with van der Waals surface area (Å²) in [5.74, 6) is 0.271. The molecule has 0 saturated carbocycles. The van der Waals surface area contributed by atoms with E-state index in [0.717, 1.165) is 0 Å². The molecule has 0 N–H and O–H groups in total. The lowest BCUT2D eigenvalue weighted by Crippen LogP contribution is -2.10. The van der Waals surface area contributed by atoms with E-state index in [1.807, 2.05) is 18.2 Å². The van der Waals surface area contributed by atoms with Crippen molar-refractivity contribution in [1.82, 2.24) is 24.5 Å². The van der Waals surface area contributed by atoms with Crippen molar-refractivity contribution in [1.29, 1.82) is 0 Å². The second-order valence-electron chi connectivity index (χ2n) is 4.79. The molecule has 0 aliphatic carbocycles. The minimum atomic E-state index is -0.218. The van der Waals surface area contributed by atoms with Gasteiger partial charge in [0.05, 0.1) is 5.56 Å². The zero-order valence-corrected chi connectivity index (χ0v) is 13.3. The molecule has 0 aliphatic heterocycles. The number of unbranched alkanes of at least 4 members (excludes halogenated alkanes) is 1. The van der Waals surface area contributed by atoms with Gasteiger partial charge in [-0.05, 0) is 12.1 Å². The molecule has 0 fully saturated rings. The Hall–Kier alpha value is -2.89. The van der Waals surface area contributed by atoms with E-state index >= 15 is 0 Å². The molecule has 0 bridgehead atoms. The van der Waals surface area contributed by atoms with Crippen LogP contribution in [0.3, 0.4) is 0 Å². The second kappa shape index (κ2) is 8.53. The van der Waals surface area contributed by atoms with Crippen LogP contribution in [0.1, 0.15) is 37.0 Å². The Kier molecular flexibility index (Phi) is 6.11. The average Bonchev–Trinajstić information content (AvgIpc) is 3.17. The van der Waals surface area contributed by atoms with E-state index in [4.69, 9.17) is 0 Å². The maximum Gasteiger partial charge on any atom is 0.266 e. The Morgan fingerprint density at radius 3 is 2.30 bits per heavy atom. The zero-order chi connectivity index (χ0) is 16.5. The van der Waals surface area contributed by atoms with E-state index in [1.54, 1.807) is 18.6 Å². The molecule has 0 aliphatic rings. The van der Waals surface area contributed by atoms with Crippen LogP contribution < -0.4 is 0 Å². The smallest absolute Gasteiger partial charge is 0.266 e. The van der Waals surface area contributed by atoms with Gasteiger partial charge >= 0.3 is 0 Å². The highest BCUT2D eigenvalue weighted by molar-refractivity contribution is 5.95. The van der Waals surface area contributed by atoms with Crippen LogP contribution >= 0.6 is 0 Å². The van der Waals surface area contributed by atoms with Crippen molar-refractivity contribution >= 4 is 5.91 Å². The first-order valence-corrected chi connectivity index (χ1v) is 7.52. The summed E-state index contributed by atoms with van der Waals surface area (Å²) in [6.45, 7) is 4.36. The van der Waals surface area contributed by atoms with Crippen LogP contribution in [0.25, 0.3) is 11.5 Å². The average molecular weight is 309 g/mol. The summed E-state index contributed by atoms with van der Waals surface area (Å²) in [6.07, 6.45) is 11.8. The van der Waals surface area contributed by atoms with Gasteiger partial charge in [0.15, 0.2) is 5.82 Å². The van der Waals surface area contributed by atoms with Crippen molar-refractivity contribution < 1.29 is 4.79 Å². The van der Waals surface area contributed by atoms with Gasteiger partial charge in [0.1, 0.15) is 12.0 Å². The molecule has 0 unspecified atom stereocenters. The Morgan fingerprint density at radius 2 is 1.78 bits per heavy atom. The molecule has 6 nitrogen and oxygen atoms in total. The van der Waals surface area contributed by atoms with Gasteiger partial charge in [-0.1, -0.05) is 32.8 Å². The number of carbonyl (C=O) groups excluding carboxylic acids is 1. The first-order valence-electron chi connectivity index (χ1n) is 7.52. The Labute approximate surface area is 135 Å². The van der Waals surface area contributed by atoms with Gasteiger partial charge in [-0.2, -0.15) is 0 Å². The summed E-state index contributed by atoms with van der Waals surface area (Å²) < 4.78 is 1.37. The van der Waals surface area contributed by atoms with Crippen LogP contribution in [0.15, 0.2) is 55.5 Å². The molecular weight excluding hydrogens is 290 g/mol. The van der Waals surface area contributed by atoms with Crippen LogP contribution in [-0.2, 0) is 0 Å². The highest BCUT2D eigenvalue weighted by atomic mass is 16.2. The minimum absolute atomic E-state index is 0.218. The molecule has 3 rings (SSSR count). The molecule has 0 aromatic carbocycles. The number of aromatic nitrogens is 5. The fourth-order valence-corrected chi connectivity index (χ4v) is 1.59. The highest BCUT2D eigenvalue weighted by Gasteiger charge is 2.09. The van der Waals surface area contributed by atoms with Crippen LogP contribution in [0.4, 0.5) is 0 Å². The SMILES string of the molecule is CCCC.O=C(c1cnc(-c2ccccn2)nc1)n1ccnc1. The molecule has 3 heterocycles. The van der Waals surface area contributed by atoms with Gasteiger partial charge in [-0.25, -0.2) is 15.0 Å². The summed E-state index contributed by atoms with van der Waals surface area (Å²) in [5.41, 5.74) is 1.07. The van der Waals surface area contributed by atoms with Crippen LogP contribution in [0.5, 0.6) is 0 Å². The lowest BCUT2D eigenvalue weighted by atomic mass is 10.3. The van der Waals surface area contributed by atoms with Crippen molar-refractivity contribution in [2.75, 3.05) is 0 Å². The summed E-state index contributed by atoms with van der Waals surface area (Å²) in [4.78, 5) is 28.3. The predicted molar refractivity (Wildman–Crippen MR) is 87.8 cm³/mol. The number of imidazole rings is 1. The van der Waals surface area contributed by atoms with E-state index in [1.165, 1.54) is 36.1 Å². The first-order chi connectivity index (χ1) is 11.3. The van der Waals surface area contributed by atoms with Crippen LogP contribution in [0, 0.1) is 0 Å². The van der Waals surface area contributed by atoms with Crippen molar-refractivity contribution in [3.05, 3.63) is 61.1 Å². The number of hydrogen-bond donors (Lipinski definition) is 0. The third-order valence-corrected chi connectivity index (χ3v) is 3.03. The maximum absolute atomic E-state index is 12.0. The quantitative estimate of drug-likeness (QED) is 0.742. The predicted octanol–water partition coefficient (Wildman–Crippen LogP) is 3.23. The molecule has 118 valence electrons. The molecule has 3 aromatic heterocycles. The molecule has 3 aromatic rings. The molecular formula is C17H19N5O. The number of carbonyl (C=O) groups is 1. The number of hydrogen-bond acceptors (Lipinski definition) is 5. The van der Waals surface area contributed by atoms with Gasteiger partial charge in [-0.15, -0.1) is 0 Å². The largest absolute Gasteiger partial charge is 0.272 e. The van der Waals surface area contributed by atoms with Gasteiger partial charge in [0.2, 0.25) is 0 Å². The van der Waals surface area contributed by atoms with Gasteiger partial charge < -0.3 is 0 Å². The topological polar surface area (TPSA) is 73.6 Å². The van der Waals surface area contributed by atoms with E-state index in [2.05, 4.69) is 33.8 Å². The second-order valence-corrected chi connectivity index (χ2v) is 4.79. The molecule has 0 spiro atoms. The third-order valence-electron chi connectivity index (χ3n) is 3.03. The maximum atomic E-state index is 12.0. The van der Waals surface area contributed by atoms with Gasteiger partial charge in [-0.3, -0.25) is 14.3 Å². The van der Waals surface area contributed by atoms with E-state index in [-0.39, 0.29) is 5.91 Å². The summed E-state index contributed by atoms with van der Waals surface area (Å²) in [5, 5.41) is 0. The van der Waals surface area contributed by atoms with E-state index in [9.17, 15) is 4.79 Å². The lowest BCUT2D eigenvalue weighted by Gasteiger charge is -2.02. The fraction of sp³-hybridized carbons (Fsp3) is 0.235. The van der Waals surface area contributed by atoms with Crippen molar-refractivity contribution in [3.8, 4) is 11.5 Å². The Bertz CT molecular complexity index is 707. The standard InChI is InChI=1S/C13H9N5O.C4H10/c19-13(18-6-5-14-9-18)10-7-16-12(17-8-10)11-3-1-2-4-15-11;1-3-4-2/h1-9H;3-4H2,1-2H3. The summed E-state index contributed by atoms with van der Waals surface area (Å²) in [7, 11) is 0. The van der Waals surface area contributed by atoms with Gasteiger partial charge in [0, 0.05) is 31.0 Å². The number of pyridine rings is 1. The molecule has 6 heteroatoms. The first kappa shape index (κ1) is 16.5. The zero-order valence-electron chi connectivity index (χ0n) is 13.3. The van der Waals surface area contributed by atoms with Crippen molar-refractivity contribution in [2.24, 2.45) is 0 Å². The van der Waals surface area contributed by atoms with Crippen LogP contribution in [0.2, 0.25) is 0 Å². The Morgan fingerprint density at radius 1 is 1.04 bits per heavy atom. The fourth-order valence-electron chi connectivity index (χ4n) is 1.59. The molecule has 0 amide bonds. The normalized spacial score (nSPS) is 9.83. The van der Waals surface area contributed by atoms with E-state index < -0.39 is 0 Å². The van der Waals surface area contributed by atoms with Crippen molar-refractivity contribution in [3.63, 3.8) is 0 Å². The van der Waals surface area contributed by atoms with Crippen LogP contribution in [-0.4, -0.2) is 30.4 Å². The van der Waals surface area contributed by atoms with Crippen molar-refractivity contribution in [2.45, 2.75) is 26.7 Å². The number of rotatable bonds is 3. The lowest BCUT2D eigenvalue weighted by molar-refractivity contribution is 0.0959. The molecule has 0 saturated heterocycles. The molecule has 0 atom stereocenters. The summed E-state index contributed by atoms with van der Waals surface area (Å²) >= 11 is 0.